The van der Waals surface area contributed by atoms with Crippen molar-refractivity contribution in [1.82, 2.24) is 19.8 Å². The van der Waals surface area contributed by atoms with Crippen LogP contribution in [0.25, 0.3) is 27.4 Å². The Labute approximate surface area is 265 Å². The van der Waals surface area contributed by atoms with Crippen LogP contribution in [0.4, 0.5) is 0 Å². The number of hydrogen-bond donors (Lipinski definition) is 2. The molecular formula is C39H44N4O2. The van der Waals surface area contributed by atoms with E-state index in [1.165, 1.54) is 61.0 Å². The Bertz CT molecular complexity index is 1890. The number of benzene rings is 2. The third-order valence-electron chi connectivity index (χ3n) is 11.5. The zero-order chi connectivity index (χ0) is 30.8. The molecule has 2 N–H and O–H groups in total. The standard InChI is InChI=1S/C39H44N4O2/c1-5-23-20-42(3)35-19-31-27-11-7-9-13-33(27)40-37(31)25(17-29(23)36(35)39(44)45-4)18-30-26-15-16-43(21-24(26)6-2)22-32-28-12-8-10-14-34(28)41-38(30)32/h5-14,18,25-26,29,35-36,40-41H,15-17,19-22H2,1-4H3/b23-5+,24-6?,30-18?/t25-,26-,29+,35+,36-/m0/s1. The highest BCUT2D eigenvalue weighted by Crippen LogP contribution is 2.49. The highest BCUT2D eigenvalue weighted by molar-refractivity contribution is 5.91. The summed E-state index contributed by atoms with van der Waals surface area (Å²) in [4.78, 5) is 26.5. The third-order valence-corrected chi connectivity index (χ3v) is 11.5. The fourth-order valence-corrected chi connectivity index (χ4v) is 9.30. The number of piperidine rings is 2. The van der Waals surface area contributed by atoms with Crippen molar-refractivity contribution < 1.29 is 9.53 Å². The van der Waals surface area contributed by atoms with Crippen molar-refractivity contribution in [3.8, 4) is 0 Å². The summed E-state index contributed by atoms with van der Waals surface area (Å²) in [6.07, 6.45) is 10.0. The van der Waals surface area contributed by atoms with Crippen LogP contribution in [0.1, 0.15) is 55.1 Å². The number of carbonyl (C=O) groups is 1. The number of aromatic nitrogens is 2. The molecule has 4 aliphatic heterocycles. The molecule has 2 fully saturated rings. The van der Waals surface area contributed by atoms with Gasteiger partial charge in [0.05, 0.1) is 13.0 Å². The minimum atomic E-state index is -0.210. The van der Waals surface area contributed by atoms with E-state index in [0.717, 1.165) is 45.4 Å². The SMILES string of the molecule is CC=C1CN2CC[C@@H]1C(=C[C@@H]1C[C@@H]3/C(=C/C)CN(C)[C@H](Cc4c1[nH]c1ccccc41)[C@H]3C(=O)OC)c1[nH]c3ccccc3c1C2. The molecule has 0 radical (unpaired) electrons. The lowest BCUT2D eigenvalue weighted by Gasteiger charge is -2.46. The number of methoxy groups -OCH3 is 1. The van der Waals surface area contributed by atoms with Crippen LogP contribution in [-0.2, 0) is 22.5 Å². The molecule has 2 saturated heterocycles. The molecule has 1 unspecified atom stereocenters. The number of likely N-dealkylation sites (N-methyl/N-ethyl adjacent to an activating group) is 1. The van der Waals surface area contributed by atoms with E-state index in [-0.39, 0.29) is 29.8 Å². The first-order valence-electron chi connectivity index (χ1n) is 16.7. The van der Waals surface area contributed by atoms with Gasteiger partial charge in [-0.2, -0.15) is 0 Å². The van der Waals surface area contributed by atoms with Crippen LogP contribution in [0, 0.1) is 17.8 Å². The van der Waals surface area contributed by atoms with E-state index < -0.39 is 0 Å². The second-order valence-corrected chi connectivity index (χ2v) is 13.7. The number of carbonyl (C=O) groups excluding carboxylic acids is 1. The quantitative estimate of drug-likeness (QED) is 0.189. The molecule has 2 aromatic carbocycles. The Kier molecular flexibility index (Phi) is 7.10. The predicted octanol–water partition coefficient (Wildman–Crippen LogP) is 7.21. The summed E-state index contributed by atoms with van der Waals surface area (Å²) < 4.78 is 5.55. The van der Waals surface area contributed by atoms with E-state index in [0.29, 0.717) is 5.92 Å². The lowest BCUT2D eigenvalue weighted by atomic mass is 9.67. The van der Waals surface area contributed by atoms with E-state index in [4.69, 9.17) is 4.74 Å². The van der Waals surface area contributed by atoms with Crippen molar-refractivity contribution in [2.24, 2.45) is 17.8 Å². The lowest BCUT2D eigenvalue weighted by Crippen LogP contribution is -2.53. The average Bonchev–Trinajstić information content (AvgIpc) is 3.59. The van der Waals surface area contributed by atoms with E-state index in [1.54, 1.807) is 7.11 Å². The van der Waals surface area contributed by atoms with Gasteiger partial charge in [-0.15, -0.1) is 0 Å². The topological polar surface area (TPSA) is 64.4 Å². The number of nitrogens with zero attached hydrogens (tertiary/aromatic N) is 2. The minimum Gasteiger partial charge on any atom is -0.469 e. The van der Waals surface area contributed by atoms with Crippen molar-refractivity contribution >= 4 is 33.3 Å². The molecule has 6 nitrogen and oxygen atoms in total. The number of H-pyrrole nitrogens is 2. The first-order valence-corrected chi connectivity index (χ1v) is 16.7. The van der Waals surface area contributed by atoms with Gasteiger partial charge < -0.3 is 14.7 Å². The first-order chi connectivity index (χ1) is 22.0. The third kappa shape index (κ3) is 4.56. The number of nitrogens with one attached hydrogen (secondary N) is 2. The van der Waals surface area contributed by atoms with Gasteiger partial charge in [-0.1, -0.05) is 65.8 Å². The molecule has 6 atom stereocenters. The van der Waals surface area contributed by atoms with Gasteiger partial charge in [0.25, 0.3) is 0 Å². The van der Waals surface area contributed by atoms with E-state index in [9.17, 15) is 4.79 Å². The number of fused-ring (bicyclic) bond motifs is 8. The summed E-state index contributed by atoms with van der Waals surface area (Å²) in [6, 6.07) is 17.6. The van der Waals surface area contributed by atoms with Gasteiger partial charge in [-0.3, -0.25) is 14.6 Å². The number of esters is 1. The van der Waals surface area contributed by atoms with Crippen molar-refractivity contribution in [3.63, 3.8) is 0 Å². The summed E-state index contributed by atoms with van der Waals surface area (Å²) in [5, 5.41) is 2.60. The van der Waals surface area contributed by atoms with Gasteiger partial charge in [0.15, 0.2) is 0 Å². The Morgan fingerprint density at radius 2 is 1.62 bits per heavy atom. The van der Waals surface area contributed by atoms with Crippen LogP contribution in [0.5, 0.6) is 0 Å². The van der Waals surface area contributed by atoms with Crippen LogP contribution in [0.15, 0.2) is 77.9 Å². The van der Waals surface area contributed by atoms with Crippen LogP contribution >= 0.6 is 0 Å². The predicted molar refractivity (Wildman–Crippen MR) is 182 cm³/mol. The molecule has 45 heavy (non-hydrogen) atoms. The number of allylic oxidation sites excluding steroid dienone is 4. The number of hydrogen-bond acceptors (Lipinski definition) is 4. The molecule has 1 aliphatic carbocycles. The van der Waals surface area contributed by atoms with Gasteiger partial charge in [0, 0.05) is 70.7 Å². The summed E-state index contributed by atoms with van der Waals surface area (Å²) in [5.41, 5.74) is 12.0. The molecular weight excluding hydrogens is 556 g/mol. The van der Waals surface area contributed by atoms with Gasteiger partial charge in [-0.05, 0) is 81.5 Å². The Hall–Kier alpha value is -3.87. The molecule has 232 valence electrons. The van der Waals surface area contributed by atoms with Gasteiger partial charge in [0.2, 0.25) is 0 Å². The second-order valence-electron chi connectivity index (χ2n) is 13.7. The smallest absolute Gasteiger partial charge is 0.310 e. The zero-order valence-corrected chi connectivity index (χ0v) is 26.9. The Balaban J connectivity index is 1.38. The summed E-state index contributed by atoms with van der Waals surface area (Å²) in [6.45, 7) is 8.30. The summed E-state index contributed by atoms with van der Waals surface area (Å²) in [5.74, 6) is 0.299. The Morgan fingerprint density at radius 3 is 2.36 bits per heavy atom. The molecule has 6 heteroatoms. The van der Waals surface area contributed by atoms with Crippen molar-refractivity contribution in [2.45, 2.75) is 51.6 Å². The van der Waals surface area contributed by atoms with Crippen LogP contribution < -0.4 is 0 Å². The lowest BCUT2D eigenvalue weighted by molar-refractivity contribution is -0.151. The van der Waals surface area contributed by atoms with Gasteiger partial charge >= 0.3 is 5.97 Å². The van der Waals surface area contributed by atoms with Crippen molar-refractivity contribution in [2.75, 3.05) is 33.8 Å². The molecule has 5 aliphatic rings. The molecule has 9 rings (SSSR count). The minimum absolute atomic E-state index is 0.0818. The van der Waals surface area contributed by atoms with E-state index in [2.05, 4.69) is 107 Å². The summed E-state index contributed by atoms with van der Waals surface area (Å²) >= 11 is 0. The summed E-state index contributed by atoms with van der Waals surface area (Å²) in [7, 11) is 3.73. The van der Waals surface area contributed by atoms with Crippen molar-refractivity contribution in [3.05, 3.63) is 100 Å². The number of aromatic amines is 2. The highest BCUT2D eigenvalue weighted by atomic mass is 16.5. The van der Waals surface area contributed by atoms with Crippen LogP contribution in [-0.4, -0.2) is 65.6 Å². The maximum atomic E-state index is 13.7. The first kappa shape index (κ1) is 28.6. The maximum absolute atomic E-state index is 13.7. The number of rotatable bonds is 2. The molecule has 4 aromatic rings. The monoisotopic (exact) mass is 600 g/mol. The molecule has 0 spiro atoms. The van der Waals surface area contributed by atoms with Crippen LogP contribution in [0.3, 0.4) is 0 Å². The maximum Gasteiger partial charge on any atom is 0.310 e. The second kappa shape index (κ2) is 11.2. The van der Waals surface area contributed by atoms with Gasteiger partial charge in [0.1, 0.15) is 0 Å². The number of likely N-dealkylation sites (tertiary alicyclic amines) is 1. The van der Waals surface area contributed by atoms with E-state index in [1.807, 2.05) is 0 Å². The van der Waals surface area contributed by atoms with Gasteiger partial charge in [-0.25, -0.2) is 0 Å². The number of ether oxygens (including phenoxy) is 1. The highest BCUT2D eigenvalue weighted by Gasteiger charge is 2.47. The normalized spacial score (nSPS) is 31.1. The largest absolute Gasteiger partial charge is 0.469 e. The van der Waals surface area contributed by atoms with Crippen molar-refractivity contribution in [1.29, 1.82) is 0 Å². The molecule has 6 heterocycles. The van der Waals surface area contributed by atoms with Crippen LogP contribution in [0.2, 0.25) is 0 Å². The fraction of sp³-hybridized carbons (Fsp3) is 0.410. The fourth-order valence-electron chi connectivity index (χ4n) is 9.30. The molecule has 0 saturated carbocycles. The molecule has 4 bridgehead atoms. The zero-order valence-electron chi connectivity index (χ0n) is 26.9. The molecule has 2 aromatic heterocycles. The average molecular weight is 601 g/mol. The molecule has 0 amide bonds. The Morgan fingerprint density at radius 1 is 0.911 bits per heavy atom. The van der Waals surface area contributed by atoms with E-state index >= 15 is 0 Å². The number of para-hydroxylation sites is 2.